The van der Waals surface area contributed by atoms with Crippen molar-refractivity contribution in [3.8, 4) is 17.0 Å². The fourth-order valence-corrected chi connectivity index (χ4v) is 5.15. The van der Waals surface area contributed by atoms with Crippen molar-refractivity contribution in [1.82, 2.24) is 4.98 Å². The topological polar surface area (TPSA) is 101 Å². The molecule has 0 amide bonds. The quantitative estimate of drug-likeness (QED) is 0.261. The van der Waals surface area contributed by atoms with E-state index in [9.17, 15) is 13.2 Å². The van der Waals surface area contributed by atoms with Crippen LogP contribution in [0.1, 0.15) is 33.3 Å². The van der Waals surface area contributed by atoms with Crippen LogP contribution in [0, 0.1) is 0 Å². The summed E-state index contributed by atoms with van der Waals surface area (Å²) >= 11 is 0. The Morgan fingerprint density at radius 1 is 0.974 bits per heavy atom. The number of sulfonamides is 1. The number of benzene rings is 3. The molecular formula is C29H33N3O5S. The zero-order chi connectivity index (χ0) is 27.7. The number of rotatable bonds is 7. The molecule has 0 atom stereocenters. The first-order valence-electron chi connectivity index (χ1n) is 12.3. The summed E-state index contributed by atoms with van der Waals surface area (Å²) in [6.45, 7) is 8.10. The second-order valence-corrected chi connectivity index (χ2v) is 11.9. The Morgan fingerprint density at radius 2 is 1.63 bits per heavy atom. The van der Waals surface area contributed by atoms with Crippen LogP contribution in [0.5, 0.6) is 5.88 Å². The molecule has 0 fully saturated rings. The Hall–Kier alpha value is -3.98. The summed E-state index contributed by atoms with van der Waals surface area (Å²) in [7, 11) is 0.0714. The highest BCUT2D eigenvalue weighted by molar-refractivity contribution is 7.92. The van der Waals surface area contributed by atoms with Gasteiger partial charge in [0.25, 0.3) is 10.0 Å². The van der Waals surface area contributed by atoms with Crippen molar-refractivity contribution in [2.75, 3.05) is 30.3 Å². The molecule has 0 bridgehead atoms. The van der Waals surface area contributed by atoms with Gasteiger partial charge in [0.1, 0.15) is 0 Å². The second-order valence-electron chi connectivity index (χ2n) is 10.2. The molecule has 0 aliphatic carbocycles. The van der Waals surface area contributed by atoms with E-state index in [4.69, 9.17) is 9.47 Å². The number of ether oxygens (including phenoxy) is 2. The molecule has 4 aromatic rings. The monoisotopic (exact) mass is 535 g/mol. The smallest absolute Gasteiger partial charge is 0.434 e. The van der Waals surface area contributed by atoms with Gasteiger partial charge in [-0.05, 0) is 65.9 Å². The van der Waals surface area contributed by atoms with Crippen LogP contribution in [-0.4, -0.2) is 40.3 Å². The van der Waals surface area contributed by atoms with E-state index in [-0.39, 0.29) is 22.8 Å². The molecule has 0 saturated carbocycles. The molecule has 0 radical (unpaired) electrons. The molecule has 3 aromatic carbocycles. The fourth-order valence-electron chi connectivity index (χ4n) is 4.10. The van der Waals surface area contributed by atoms with Crippen molar-refractivity contribution in [2.45, 2.75) is 38.0 Å². The Kier molecular flexibility index (Phi) is 7.42. The molecule has 38 heavy (non-hydrogen) atoms. The summed E-state index contributed by atoms with van der Waals surface area (Å²) in [6.07, 6.45) is -0.829. The lowest BCUT2D eigenvalue weighted by Gasteiger charge is -2.19. The average molecular weight is 536 g/mol. The van der Waals surface area contributed by atoms with Crippen molar-refractivity contribution in [1.29, 1.82) is 0 Å². The molecule has 8 nitrogen and oxygen atoms in total. The zero-order valence-corrected chi connectivity index (χ0v) is 23.3. The van der Waals surface area contributed by atoms with E-state index in [2.05, 4.69) is 30.5 Å². The van der Waals surface area contributed by atoms with E-state index < -0.39 is 16.2 Å². The first-order chi connectivity index (χ1) is 17.9. The highest BCUT2D eigenvalue weighted by Gasteiger charge is 2.21. The molecule has 2 N–H and O–H groups in total. The lowest BCUT2D eigenvalue weighted by molar-refractivity contribution is 0.103. The third-order valence-electron chi connectivity index (χ3n) is 6.17. The van der Waals surface area contributed by atoms with Crippen molar-refractivity contribution < 1.29 is 22.7 Å². The number of carbonyl (C=O) groups excluding carboxylic acids is 1. The van der Waals surface area contributed by atoms with Crippen LogP contribution in [0.25, 0.3) is 22.0 Å². The number of aromatic amines is 1. The van der Waals surface area contributed by atoms with Crippen LogP contribution >= 0.6 is 0 Å². The third kappa shape index (κ3) is 5.78. The Balaban J connectivity index is 1.74. The van der Waals surface area contributed by atoms with Crippen LogP contribution in [0.15, 0.2) is 71.6 Å². The number of hydrogen-bond acceptors (Lipinski definition) is 6. The van der Waals surface area contributed by atoms with E-state index in [0.717, 1.165) is 16.8 Å². The molecule has 1 aromatic heterocycles. The van der Waals surface area contributed by atoms with Gasteiger partial charge >= 0.3 is 6.16 Å². The summed E-state index contributed by atoms with van der Waals surface area (Å²) in [5.41, 5.74) is 4.43. The van der Waals surface area contributed by atoms with Gasteiger partial charge in [-0.1, -0.05) is 45.0 Å². The van der Waals surface area contributed by atoms with Gasteiger partial charge in [-0.3, -0.25) is 4.72 Å². The molecular weight excluding hydrogens is 502 g/mol. The zero-order valence-electron chi connectivity index (χ0n) is 22.5. The van der Waals surface area contributed by atoms with Crippen LogP contribution in [-0.2, 0) is 20.2 Å². The first kappa shape index (κ1) is 27.1. The lowest BCUT2D eigenvalue weighted by atomic mass is 9.87. The van der Waals surface area contributed by atoms with Crippen molar-refractivity contribution in [3.05, 3.63) is 72.3 Å². The highest BCUT2D eigenvalue weighted by atomic mass is 32.2. The Labute approximate surface area is 223 Å². The molecule has 9 heteroatoms. The molecule has 200 valence electrons. The lowest BCUT2D eigenvalue weighted by Crippen LogP contribution is -2.14. The SMILES string of the molecule is CCOC(=O)Oc1[nH]c2ccc(NS(=O)(=O)c3ccc(C(C)(C)C)cc3)cc2c1-c1ccc(N(C)C)cc1. The Morgan fingerprint density at radius 3 is 2.21 bits per heavy atom. The van der Waals surface area contributed by atoms with Crippen LogP contribution in [0.2, 0.25) is 0 Å². The summed E-state index contributed by atoms with van der Waals surface area (Å²) in [4.78, 5) is 17.4. The molecule has 0 aliphatic rings. The molecule has 4 rings (SSSR count). The normalized spacial score (nSPS) is 11.8. The molecule has 0 spiro atoms. The summed E-state index contributed by atoms with van der Waals surface area (Å²) in [6, 6.07) is 19.8. The largest absolute Gasteiger partial charge is 0.515 e. The van der Waals surface area contributed by atoms with E-state index in [1.165, 1.54) is 0 Å². The fraction of sp³-hybridized carbons (Fsp3) is 0.276. The van der Waals surface area contributed by atoms with E-state index in [0.29, 0.717) is 22.2 Å². The molecule has 0 unspecified atom stereocenters. The van der Waals surface area contributed by atoms with Gasteiger partial charge in [0.15, 0.2) is 0 Å². The van der Waals surface area contributed by atoms with Gasteiger partial charge in [-0.2, -0.15) is 0 Å². The number of nitrogens with zero attached hydrogens (tertiary/aromatic N) is 1. The standard InChI is InChI=1S/C29H33N3O5S/c1-7-36-28(33)37-27-26(19-8-13-22(14-9-19)32(5)6)24-18-21(12-17-25(24)30-27)31-38(34,35)23-15-10-20(11-16-23)29(2,3)4/h8-18,30-31H,7H2,1-6H3. The van der Waals surface area contributed by atoms with Gasteiger partial charge in [-0.15, -0.1) is 0 Å². The number of H-pyrrole nitrogens is 1. The van der Waals surface area contributed by atoms with Crippen LogP contribution in [0.3, 0.4) is 0 Å². The van der Waals surface area contributed by atoms with E-state index >= 15 is 0 Å². The van der Waals surface area contributed by atoms with Crippen molar-refractivity contribution in [3.63, 3.8) is 0 Å². The second kappa shape index (κ2) is 10.4. The minimum atomic E-state index is -3.83. The number of nitrogens with one attached hydrogen (secondary N) is 2. The Bertz CT molecular complexity index is 1550. The van der Waals surface area contributed by atoms with Gasteiger partial charge < -0.3 is 19.4 Å². The number of anilines is 2. The highest BCUT2D eigenvalue weighted by Crippen LogP contribution is 2.39. The van der Waals surface area contributed by atoms with Crippen LogP contribution < -0.4 is 14.4 Å². The number of aromatic nitrogens is 1. The van der Waals surface area contributed by atoms with Gasteiger partial charge in [-0.25, -0.2) is 13.2 Å². The van der Waals surface area contributed by atoms with Gasteiger partial charge in [0.2, 0.25) is 5.88 Å². The number of fused-ring (bicyclic) bond motifs is 1. The minimum absolute atomic E-state index is 0.0838. The number of hydrogen-bond donors (Lipinski definition) is 2. The molecule has 1 heterocycles. The summed E-state index contributed by atoms with van der Waals surface area (Å²) in [5, 5.41) is 0.685. The summed E-state index contributed by atoms with van der Waals surface area (Å²) in [5.74, 6) is 0.217. The van der Waals surface area contributed by atoms with Crippen molar-refractivity contribution in [2.24, 2.45) is 0 Å². The maximum absolute atomic E-state index is 13.2. The maximum Gasteiger partial charge on any atom is 0.515 e. The predicted octanol–water partition coefficient (Wildman–Crippen LogP) is 6.53. The summed E-state index contributed by atoms with van der Waals surface area (Å²) < 4.78 is 39.5. The van der Waals surface area contributed by atoms with E-state index in [1.54, 1.807) is 37.3 Å². The van der Waals surface area contributed by atoms with Crippen LogP contribution in [0.4, 0.5) is 16.2 Å². The van der Waals surface area contributed by atoms with Gasteiger partial charge in [0.05, 0.1) is 17.1 Å². The minimum Gasteiger partial charge on any atom is -0.434 e. The van der Waals surface area contributed by atoms with Crippen molar-refractivity contribution >= 4 is 38.5 Å². The maximum atomic E-state index is 13.2. The average Bonchev–Trinajstić information content (AvgIpc) is 3.20. The molecule has 0 aliphatic heterocycles. The first-order valence-corrected chi connectivity index (χ1v) is 13.8. The van der Waals surface area contributed by atoms with Gasteiger partial charge in [0, 0.05) is 36.4 Å². The third-order valence-corrected chi connectivity index (χ3v) is 7.56. The predicted molar refractivity (Wildman–Crippen MR) is 152 cm³/mol. The molecule has 0 saturated heterocycles. The number of carbonyl (C=O) groups is 1. The van der Waals surface area contributed by atoms with E-state index in [1.807, 2.05) is 55.4 Å².